The minimum atomic E-state index is -0.352. The SMILES string of the molecule is CCCN(CC(=O)N1CCc2sccc2[C@H]1COc1ccc(F)cc1)C(=O)Nc1cccc(Cl)c1. The Bertz CT molecular complexity index is 1170. The molecule has 0 aliphatic carbocycles. The highest BCUT2D eigenvalue weighted by atomic mass is 35.5. The quantitative estimate of drug-likeness (QED) is 0.401. The first-order valence-electron chi connectivity index (χ1n) is 11.5. The number of urea groups is 1. The van der Waals surface area contributed by atoms with Crippen LogP contribution in [-0.4, -0.2) is 48.0 Å². The van der Waals surface area contributed by atoms with Crippen molar-refractivity contribution >= 4 is 40.6 Å². The molecule has 6 nitrogen and oxygen atoms in total. The average Bonchev–Trinajstić information content (AvgIpc) is 3.32. The normalized spacial score (nSPS) is 14.8. The van der Waals surface area contributed by atoms with E-state index in [1.165, 1.54) is 21.9 Å². The topological polar surface area (TPSA) is 61.9 Å². The molecule has 0 spiro atoms. The molecule has 184 valence electrons. The van der Waals surface area contributed by atoms with Crippen molar-refractivity contribution in [3.05, 3.63) is 81.3 Å². The lowest BCUT2D eigenvalue weighted by atomic mass is 10.0. The Balaban J connectivity index is 1.47. The molecule has 2 heterocycles. The van der Waals surface area contributed by atoms with Crippen molar-refractivity contribution in [3.63, 3.8) is 0 Å². The van der Waals surface area contributed by atoms with Crippen molar-refractivity contribution in [2.75, 3.05) is 31.6 Å². The second kappa shape index (κ2) is 11.6. The number of halogens is 2. The zero-order valence-corrected chi connectivity index (χ0v) is 20.9. The number of thiophene rings is 1. The summed E-state index contributed by atoms with van der Waals surface area (Å²) in [6.07, 6.45) is 1.47. The van der Waals surface area contributed by atoms with E-state index in [1.54, 1.807) is 52.6 Å². The molecule has 0 saturated carbocycles. The van der Waals surface area contributed by atoms with E-state index in [1.807, 2.05) is 18.4 Å². The summed E-state index contributed by atoms with van der Waals surface area (Å²) in [5, 5.41) is 5.37. The molecule has 3 amide bonds. The highest BCUT2D eigenvalue weighted by Gasteiger charge is 2.33. The second-order valence-corrected chi connectivity index (χ2v) is 9.72. The fourth-order valence-corrected chi connectivity index (χ4v) is 5.24. The predicted molar refractivity (Wildman–Crippen MR) is 137 cm³/mol. The van der Waals surface area contributed by atoms with Crippen LogP contribution in [0.1, 0.15) is 29.8 Å². The number of anilines is 1. The van der Waals surface area contributed by atoms with E-state index in [0.29, 0.717) is 36.0 Å². The molecule has 0 fully saturated rings. The van der Waals surface area contributed by atoms with Crippen LogP contribution in [0.25, 0.3) is 0 Å². The smallest absolute Gasteiger partial charge is 0.322 e. The van der Waals surface area contributed by atoms with Crippen LogP contribution in [0.5, 0.6) is 5.75 Å². The molecule has 1 atom stereocenters. The van der Waals surface area contributed by atoms with Crippen LogP contribution in [0.15, 0.2) is 60.0 Å². The van der Waals surface area contributed by atoms with Gasteiger partial charge >= 0.3 is 6.03 Å². The number of benzene rings is 2. The van der Waals surface area contributed by atoms with Crippen LogP contribution in [0.4, 0.5) is 14.9 Å². The summed E-state index contributed by atoms with van der Waals surface area (Å²) < 4.78 is 19.2. The Morgan fingerprint density at radius 3 is 2.77 bits per heavy atom. The van der Waals surface area contributed by atoms with Gasteiger partial charge in [0, 0.05) is 28.7 Å². The fraction of sp³-hybridized carbons (Fsp3) is 0.308. The first-order valence-corrected chi connectivity index (χ1v) is 12.8. The second-order valence-electron chi connectivity index (χ2n) is 8.28. The van der Waals surface area contributed by atoms with Crippen molar-refractivity contribution in [1.29, 1.82) is 0 Å². The van der Waals surface area contributed by atoms with Crippen LogP contribution in [0.3, 0.4) is 0 Å². The third-order valence-corrected chi connectivity index (χ3v) is 7.05. The van der Waals surface area contributed by atoms with E-state index in [0.717, 1.165) is 12.0 Å². The van der Waals surface area contributed by atoms with E-state index in [2.05, 4.69) is 5.32 Å². The Kier molecular flexibility index (Phi) is 8.25. The molecule has 0 bridgehead atoms. The summed E-state index contributed by atoms with van der Waals surface area (Å²) >= 11 is 7.70. The van der Waals surface area contributed by atoms with Crippen molar-refractivity contribution in [3.8, 4) is 5.75 Å². The first-order chi connectivity index (χ1) is 16.9. The number of rotatable bonds is 8. The van der Waals surface area contributed by atoms with Gasteiger partial charge in [-0.2, -0.15) is 0 Å². The third kappa shape index (κ3) is 6.32. The maximum Gasteiger partial charge on any atom is 0.322 e. The third-order valence-electron chi connectivity index (χ3n) is 5.82. The van der Waals surface area contributed by atoms with Gasteiger partial charge in [0.15, 0.2) is 0 Å². The van der Waals surface area contributed by atoms with Crippen LogP contribution in [0, 0.1) is 5.82 Å². The predicted octanol–water partition coefficient (Wildman–Crippen LogP) is 5.99. The molecule has 1 aliphatic rings. The van der Waals surface area contributed by atoms with Crippen molar-refractivity contribution in [1.82, 2.24) is 9.80 Å². The number of ether oxygens (including phenoxy) is 1. The number of fused-ring (bicyclic) bond motifs is 1. The summed E-state index contributed by atoms with van der Waals surface area (Å²) in [7, 11) is 0. The number of carbonyl (C=O) groups is 2. The minimum Gasteiger partial charge on any atom is -0.491 e. The van der Waals surface area contributed by atoms with Crippen molar-refractivity contribution in [2.45, 2.75) is 25.8 Å². The van der Waals surface area contributed by atoms with Crippen LogP contribution in [-0.2, 0) is 11.2 Å². The van der Waals surface area contributed by atoms with Gasteiger partial charge in [0.1, 0.15) is 24.7 Å². The highest BCUT2D eigenvalue weighted by Crippen LogP contribution is 2.34. The van der Waals surface area contributed by atoms with Crippen molar-refractivity contribution < 1.29 is 18.7 Å². The Labute approximate surface area is 213 Å². The number of amides is 3. The molecule has 35 heavy (non-hydrogen) atoms. The molecule has 1 aliphatic heterocycles. The Morgan fingerprint density at radius 1 is 1.23 bits per heavy atom. The van der Waals surface area contributed by atoms with Gasteiger partial charge in [-0.05, 0) is 72.3 Å². The standard InChI is InChI=1S/C26H27ClFN3O3S/c1-2-12-30(26(33)29-20-5-3-4-18(27)15-20)16-25(32)31-13-10-24-22(11-14-35-24)23(31)17-34-21-8-6-19(28)7-9-21/h3-9,11,14-15,23H,2,10,12-13,16-17H2,1H3,(H,29,33)/t23-/m1/s1. The zero-order chi connectivity index (χ0) is 24.8. The van der Waals surface area contributed by atoms with Gasteiger partial charge in [-0.25, -0.2) is 9.18 Å². The van der Waals surface area contributed by atoms with E-state index in [-0.39, 0.29) is 36.9 Å². The zero-order valence-electron chi connectivity index (χ0n) is 19.4. The molecular formula is C26H27ClFN3O3S. The summed E-state index contributed by atoms with van der Waals surface area (Å²) in [5.41, 5.74) is 1.63. The van der Waals surface area contributed by atoms with E-state index < -0.39 is 0 Å². The molecule has 1 aromatic heterocycles. The number of hydrogen-bond donors (Lipinski definition) is 1. The van der Waals surface area contributed by atoms with Gasteiger partial charge in [-0.1, -0.05) is 24.6 Å². The lowest BCUT2D eigenvalue weighted by Crippen LogP contribution is -2.48. The summed E-state index contributed by atoms with van der Waals surface area (Å²) in [4.78, 5) is 31.0. The van der Waals surface area contributed by atoms with Crippen LogP contribution < -0.4 is 10.1 Å². The van der Waals surface area contributed by atoms with Crippen LogP contribution in [0.2, 0.25) is 5.02 Å². The Hall–Kier alpha value is -3.10. The summed E-state index contributed by atoms with van der Waals surface area (Å²) in [6, 6.07) is 14.1. The molecule has 0 unspecified atom stereocenters. The van der Waals surface area contributed by atoms with E-state index >= 15 is 0 Å². The minimum absolute atomic E-state index is 0.0489. The lowest BCUT2D eigenvalue weighted by molar-refractivity contribution is -0.135. The monoisotopic (exact) mass is 515 g/mol. The van der Waals surface area contributed by atoms with Crippen molar-refractivity contribution in [2.24, 2.45) is 0 Å². The van der Waals surface area contributed by atoms with E-state index in [4.69, 9.17) is 16.3 Å². The average molecular weight is 516 g/mol. The van der Waals surface area contributed by atoms with Gasteiger partial charge in [0.25, 0.3) is 0 Å². The van der Waals surface area contributed by atoms with Crippen LogP contribution >= 0.6 is 22.9 Å². The maximum absolute atomic E-state index is 13.5. The number of nitrogens with one attached hydrogen (secondary N) is 1. The van der Waals surface area contributed by atoms with Gasteiger partial charge in [-0.3, -0.25) is 4.79 Å². The summed E-state index contributed by atoms with van der Waals surface area (Å²) in [6.45, 7) is 3.13. The van der Waals surface area contributed by atoms with Gasteiger partial charge in [-0.15, -0.1) is 11.3 Å². The highest BCUT2D eigenvalue weighted by molar-refractivity contribution is 7.10. The Morgan fingerprint density at radius 2 is 2.03 bits per heavy atom. The maximum atomic E-state index is 13.5. The largest absolute Gasteiger partial charge is 0.491 e. The molecular weight excluding hydrogens is 489 g/mol. The van der Waals surface area contributed by atoms with E-state index in [9.17, 15) is 14.0 Å². The lowest BCUT2D eigenvalue weighted by Gasteiger charge is -2.37. The molecule has 0 radical (unpaired) electrons. The number of hydrogen-bond acceptors (Lipinski definition) is 4. The van der Waals surface area contributed by atoms with Gasteiger partial charge < -0.3 is 19.9 Å². The molecule has 9 heteroatoms. The molecule has 1 N–H and O–H groups in total. The van der Waals surface area contributed by atoms with Gasteiger partial charge in [0.2, 0.25) is 5.91 Å². The molecule has 4 rings (SSSR count). The molecule has 2 aromatic carbocycles. The number of carbonyl (C=O) groups excluding carboxylic acids is 2. The first kappa shape index (κ1) is 25.0. The molecule has 3 aromatic rings. The summed E-state index contributed by atoms with van der Waals surface area (Å²) in [5.74, 6) is 0.0536. The van der Waals surface area contributed by atoms with Gasteiger partial charge in [0.05, 0.1) is 6.04 Å². The number of nitrogens with zero attached hydrogens (tertiary/aromatic N) is 2. The fourth-order valence-electron chi connectivity index (χ4n) is 4.13. The molecule has 0 saturated heterocycles.